The Morgan fingerprint density at radius 1 is 0.810 bits per heavy atom. The number of allylic oxidation sites excluding steroid dienone is 4. The molecule has 0 heterocycles. The van der Waals surface area contributed by atoms with E-state index in [1.807, 2.05) is 0 Å². The summed E-state index contributed by atoms with van der Waals surface area (Å²) < 4.78 is 1.47. The van der Waals surface area contributed by atoms with E-state index in [0.29, 0.717) is 0 Å². The molecule has 2 fully saturated rings. The molecule has 0 unspecified atom stereocenters. The van der Waals surface area contributed by atoms with Crippen molar-refractivity contribution < 1.29 is 45.2 Å². The van der Waals surface area contributed by atoms with E-state index in [9.17, 15) is 0 Å². The first-order chi connectivity index (χ1) is 9.34. The first-order valence-electron chi connectivity index (χ1n) is 8.18. The fraction of sp³-hybridized carbons (Fsp3) is 0.765. The van der Waals surface area contributed by atoms with Crippen molar-refractivity contribution in [2.75, 3.05) is 0 Å². The summed E-state index contributed by atoms with van der Waals surface area (Å²) in [6.07, 6.45) is 22.1. The molecule has 0 saturated heterocycles. The number of hydrogen-bond acceptors (Lipinski definition) is 1. The molecule has 0 atom stereocenters. The van der Waals surface area contributed by atoms with Crippen molar-refractivity contribution in [2.24, 2.45) is 0 Å². The van der Waals surface area contributed by atoms with Gasteiger partial charge < -0.3 is 30.1 Å². The fourth-order valence-electron chi connectivity index (χ4n) is 3.32. The Morgan fingerprint density at radius 3 is 1.57 bits per heavy atom. The zero-order valence-electron chi connectivity index (χ0n) is 12.9. The van der Waals surface area contributed by atoms with Gasteiger partial charge in [0.1, 0.15) is 0 Å². The van der Waals surface area contributed by atoms with Crippen LogP contribution < -0.4 is 30.1 Å². The summed E-state index contributed by atoms with van der Waals surface area (Å²) in [6.45, 7) is 0. The summed E-state index contributed by atoms with van der Waals surface area (Å²) in [6, 6.07) is 1.74. The van der Waals surface area contributed by atoms with Gasteiger partial charge in [0.2, 0.25) is 0 Å². The number of rotatable bonds is 2. The van der Waals surface area contributed by atoms with Gasteiger partial charge in [-0.15, -0.1) is 0 Å². The van der Waals surface area contributed by atoms with Gasteiger partial charge in [-0.2, -0.15) is 0 Å². The molecule has 0 aromatic rings. The topological polar surface area (TPSA) is 12.0 Å². The predicted molar refractivity (Wildman–Crippen MR) is 78.7 cm³/mol. The zero-order valence-corrected chi connectivity index (χ0v) is 16.0. The van der Waals surface area contributed by atoms with Crippen LogP contribution in [-0.4, -0.2) is 12.1 Å². The van der Waals surface area contributed by atoms with E-state index in [2.05, 4.69) is 44.0 Å². The molecule has 1 nitrogen and oxygen atoms in total. The van der Waals surface area contributed by atoms with Gasteiger partial charge in [0.05, 0.1) is 0 Å². The minimum atomic E-state index is 0. The molecule has 0 aromatic heterocycles. The molecule has 3 rings (SSSR count). The van der Waals surface area contributed by atoms with E-state index in [1.54, 1.807) is 0 Å². The van der Waals surface area contributed by atoms with Gasteiger partial charge in [-0.05, 0) is 25.7 Å². The average molecular weight is 365 g/mol. The molecular weight excluding hydrogens is 337 g/mol. The molecule has 0 aromatic carbocycles. The summed E-state index contributed by atoms with van der Waals surface area (Å²) in [4.78, 5) is 0. The molecule has 3 aliphatic carbocycles. The quantitative estimate of drug-likeness (QED) is 0.596. The molecule has 119 valence electrons. The van der Waals surface area contributed by atoms with Crippen molar-refractivity contribution in [1.82, 2.24) is 5.32 Å². The molecule has 0 aliphatic heterocycles. The molecule has 4 heteroatoms. The van der Waals surface area contributed by atoms with Gasteiger partial charge in [-0.25, -0.2) is 0 Å². The molecule has 1 N–H and O–H groups in total. The number of nitrogens with one attached hydrogen (secondary N) is 1. The Balaban J connectivity index is 0.000000430. The molecule has 0 amide bonds. The van der Waals surface area contributed by atoms with Crippen LogP contribution in [0.2, 0.25) is 0 Å². The summed E-state index contributed by atoms with van der Waals surface area (Å²) in [5.74, 6) is 0. The molecule has 0 spiro atoms. The Morgan fingerprint density at radius 2 is 1.29 bits per heavy atom. The SMILES string of the molecule is C1CCC(NC2CCCCC2)CC1.[Cl-].[Cl-].[Ti+2][C]1=CC=CC1. The third-order valence-electron chi connectivity index (χ3n) is 4.45. The van der Waals surface area contributed by atoms with Gasteiger partial charge in [-0.3, -0.25) is 0 Å². The van der Waals surface area contributed by atoms with Gasteiger partial charge in [0, 0.05) is 12.1 Å². The van der Waals surface area contributed by atoms with Crippen molar-refractivity contribution in [3.05, 3.63) is 22.1 Å². The number of hydrogen-bond donors (Lipinski definition) is 1. The van der Waals surface area contributed by atoms with Crippen molar-refractivity contribution in [3.8, 4) is 0 Å². The Labute approximate surface area is 155 Å². The third-order valence-corrected chi connectivity index (χ3v) is 5.03. The van der Waals surface area contributed by atoms with E-state index >= 15 is 0 Å². The van der Waals surface area contributed by atoms with Crippen LogP contribution in [0.1, 0.15) is 70.6 Å². The fourth-order valence-corrected chi connectivity index (χ4v) is 3.65. The first kappa shape index (κ1) is 21.7. The Kier molecular flexibility index (Phi) is 13.7. The molecule has 0 bridgehead atoms. The van der Waals surface area contributed by atoms with Crippen molar-refractivity contribution in [2.45, 2.75) is 82.7 Å². The first-order valence-corrected chi connectivity index (χ1v) is 8.96. The summed E-state index contributed by atoms with van der Waals surface area (Å²) in [7, 11) is 0. The minimum absolute atomic E-state index is 0. The van der Waals surface area contributed by atoms with Crippen LogP contribution in [0, 0.1) is 0 Å². The molecule has 3 aliphatic rings. The molecule has 2 saturated carbocycles. The number of halogens is 2. The van der Waals surface area contributed by atoms with Crippen LogP contribution in [-0.2, 0) is 20.4 Å². The van der Waals surface area contributed by atoms with E-state index < -0.39 is 0 Å². The third kappa shape index (κ3) is 9.46. The second-order valence-electron chi connectivity index (χ2n) is 6.16. The zero-order chi connectivity index (χ0) is 13.3. The summed E-state index contributed by atoms with van der Waals surface area (Å²) in [5.41, 5.74) is 0. The van der Waals surface area contributed by atoms with Crippen LogP contribution in [0.15, 0.2) is 22.1 Å². The summed E-state index contributed by atoms with van der Waals surface area (Å²) in [5, 5.41) is 3.86. The van der Waals surface area contributed by atoms with E-state index in [0.717, 1.165) is 12.1 Å². The average Bonchev–Trinajstić information content (AvgIpc) is 2.93. The maximum atomic E-state index is 3.86. The van der Waals surface area contributed by atoms with Crippen molar-refractivity contribution in [3.63, 3.8) is 0 Å². The standard InChI is InChI=1S/C12H23N.C5H5.2ClH.Ti/c1-3-7-11(8-4-1)13-12-9-5-2-6-10-12;1-2-4-5-3-1;;;/h11-13H,1-10H2;1-3H,4H2;2*1H;/q;;;;+2/p-2. The monoisotopic (exact) mass is 364 g/mol. The maximum absolute atomic E-state index is 3.86. The van der Waals surface area contributed by atoms with Gasteiger partial charge >= 0.3 is 49.0 Å². The van der Waals surface area contributed by atoms with E-state index in [4.69, 9.17) is 0 Å². The van der Waals surface area contributed by atoms with Gasteiger partial charge in [0.15, 0.2) is 0 Å². The van der Waals surface area contributed by atoms with Crippen molar-refractivity contribution >= 4 is 0 Å². The second kappa shape index (κ2) is 13.2. The van der Waals surface area contributed by atoms with Crippen LogP contribution in [0.4, 0.5) is 0 Å². The Hall–Kier alpha value is 0.734. The van der Waals surface area contributed by atoms with Gasteiger partial charge in [-0.1, -0.05) is 38.5 Å². The van der Waals surface area contributed by atoms with Gasteiger partial charge in [0.25, 0.3) is 0 Å². The van der Waals surface area contributed by atoms with E-state index in [1.165, 1.54) is 74.5 Å². The second-order valence-corrected chi connectivity index (χ2v) is 7.16. The van der Waals surface area contributed by atoms with Crippen LogP contribution in [0.5, 0.6) is 0 Å². The van der Waals surface area contributed by atoms with Crippen molar-refractivity contribution in [1.29, 1.82) is 0 Å². The summed E-state index contributed by atoms with van der Waals surface area (Å²) >= 11 is 2.14. The Bertz CT molecular complexity index is 290. The molecule has 0 radical (unpaired) electrons. The van der Waals surface area contributed by atoms with Crippen LogP contribution in [0.3, 0.4) is 0 Å². The predicted octanol–water partition coefficient (Wildman–Crippen LogP) is -1.37. The normalized spacial score (nSPS) is 22.5. The van der Waals surface area contributed by atoms with E-state index in [-0.39, 0.29) is 24.8 Å². The molecular formula is C17H28Cl2NTi. The van der Waals surface area contributed by atoms with Crippen LogP contribution in [0.25, 0.3) is 0 Å². The molecule has 21 heavy (non-hydrogen) atoms. The van der Waals surface area contributed by atoms with Crippen LogP contribution >= 0.6 is 0 Å².